The van der Waals surface area contributed by atoms with E-state index in [1.54, 1.807) is 67.6 Å². The van der Waals surface area contributed by atoms with Crippen molar-refractivity contribution < 1.29 is 9.53 Å². The number of nitrogens with zero attached hydrogens (tertiary/aromatic N) is 3. The molecule has 4 rings (SSSR count). The van der Waals surface area contributed by atoms with Crippen molar-refractivity contribution in [1.82, 2.24) is 9.55 Å². The van der Waals surface area contributed by atoms with Crippen LogP contribution >= 0.6 is 0 Å². The minimum Gasteiger partial charge on any atom is -0.495 e. The SMILES string of the molecule is COc1ccc(C#N)cc1NC(=O)c1ccc(-n2c(C)nc3ccccc3c2=O)cc1. The lowest BCUT2D eigenvalue weighted by atomic mass is 10.1. The van der Waals surface area contributed by atoms with Gasteiger partial charge in [-0.05, 0) is 61.5 Å². The summed E-state index contributed by atoms with van der Waals surface area (Å²) in [5, 5.41) is 12.4. The lowest BCUT2D eigenvalue weighted by molar-refractivity contribution is 0.102. The average Bonchev–Trinajstić information content (AvgIpc) is 2.79. The van der Waals surface area contributed by atoms with Crippen molar-refractivity contribution in [3.8, 4) is 17.5 Å². The predicted molar refractivity (Wildman–Crippen MR) is 118 cm³/mol. The number of carbonyl (C=O) groups is 1. The fraction of sp³-hybridized carbons (Fsp3) is 0.0833. The Morgan fingerprint density at radius 2 is 1.84 bits per heavy atom. The van der Waals surface area contributed by atoms with Crippen LogP contribution in [0.15, 0.2) is 71.5 Å². The standard InChI is InChI=1S/C24H18N4O3/c1-15-26-20-6-4-3-5-19(20)24(30)28(15)18-10-8-17(9-11-18)23(29)27-21-13-16(14-25)7-12-22(21)31-2/h3-13H,1-2H3,(H,27,29). The molecule has 0 bridgehead atoms. The second-order valence-electron chi connectivity index (χ2n) is 6.84. The first-order chi connectivity index (χ1) is 15.0. The summed E-state index contributed by atoms with van der Waals surface area (Å²) in [6.07, 6.45) is 0. The van der Waals surface area contributed by atoms with E-state index in [0.717, 1.165) is 0 Å². The number of carbonyl (C=O) groups excluding carboxylic acids is 1. The Kier molecular flexibility index (Phi) is 5.21. The number of anilines is 1. The molecule has 0 aliphatic heterocycles. The summed E-state index contributed by atoms with van der Waals surface area (Å²) in [5.41, 5.74) is 2.30. The van der Waals surface area contributed by atoms with Crippen LogP contribution in [-0.2, 0) is 0 Å². The summed E-state index contributed by atoms with van der Waals surface area (Å²) in [7, 11) is 1.49. The summed E-state index contributed by atoms with van der Waals surface area (Å²) in [6, 6.07) is 20.7. The topological polar surface area (TPSA) is 97.0 Å². The molecule has 152 valence electrons. The number of aryl methyl sites for hydroxylation is 1. The number of ether oxygens (including phenoxy) is 1. The van der Waals surface area contributed by atoms with Gasteiger partial charge in [-0.15, -0.1) is 0 Å². The summed E-state index contributed by atoms with van der Waals surface area (Å²) < 4.78 is 6.77. The second kappa shape index (κ2) is 8.13. The molecule has 0 spiro atoms. The fourth-order valence-corrected chi connectivity index (χ4v) is 3.38. The van der Waals surface area contributed by atoms with Gasteiger partial charge in [0.05, 0.1) is 41.0 Å². The van der Waals surface area contributed by atoms with Gasteiger partial charge in [0.25, 0.3) is 11.5 Å². The third kappa shape index (κ3) is 3.74. The minimum atomic E-state index is -0.361. The molecule has 1 amide bonds. The maximum absolute atomic E-state index is 12.9. The number of fused-ring (bicyclic) bond motifs is 1. The van der Waals surface area contributed by atoms with E-state index >= 15 is 0 Å². The van der Waals surface area contributed by atoms with Gasteiger partial charge >= 0.3 is 0 Å². The quantitative estimate of drug-likeness (QED) is 0.552. The molecule has 7 heteroatoms. The Morgan fingerprint density at radius 3 is 2.55 bits per heavy atom. The molecule has 0 fully saturated rings. The van der Waals surface area contributed by atoms with Gasteiger partial charge < -0.3 is 10.1 Å². The highest BCUT2D eigenvalue weighted by atomic mass is 16.5. The zero-order valence-electron chi connectivity index (χ0n) is 16.9. The molecule has 0 aliphatic rings. The number of rotatable bonds is 4. The molecule has 1 aromatic heterocycles. The molecule has 0 saturated heterocycles. The average molecular weight is 410 g/mol. The summed E-state index contributed by atoms with van der Waals surface area (Å²) in [6.45, 7) is 1.77. The van der Waals surface area contributed by atoms with Gasteiger partial charge in [-0.3, -0.25) is 14.2 Å². The molecule has 0 atom stereocenters. The van der Waals surface area contributed by atoms with Gasteiger partial charge in [0, 0.05) is 5.56 Å². The van der Waals surface area contributed by atoms with Crippen LogP contribution in [0.3, 0.4) is 0 Å². The van der Waals surface area contributed by atoms with Crippen LogP contribution in [-0.4, -0.2) is 22.6 Å². The van der Waals surface area contributed by atoms with Crippen molar-refractivity contribution in [2.75, 3.05) is 12.4 Å². The molecule has 1 N–H and O–H groups in total. The first-order valence-corrected chi connectivity index (χ1v) is 9.50. The number of hydrogen-bond acceptors (Lipinski definition) is 5. The van der Waals surface area contributed by atoms with Crippen LogP contribution in [0.25, 0.3) is 16.6 Å². The zero-order chi connectivity index (χ0) is 22.0. The normalized spacial score (nSPS) is 10.5. The van der Waals surface area contributed by atoms with Crippen LogP contribution in [0.5, 0.6) is 5.75 Å². The number of nitriles is 1. The Labute approximate surface area is 178 Å². The Hall–Kier alpha value is -4.44. The molecule has 31 heavy (non-hydrogen) atoms. The number of aromatic nitrogens is 2. The van der Waals surface area contributed by atoms with Crippen molar-refractivity contribution in [3.05, 3.63) is 94.0 Å². The number of hydrogen-bond donors (Lipinski definition) is 1. The van der Waals surface area contributed by atoms with Gasteiger partial charge in [0.1, 0.15) is 11.6 Å². The van der Waals surface area contributed by atoms with Crippen LogP contribution in [0.2, 0.25) is 0 Å². The van der Waals surface area contributed by atoms with Crippen LogP contribution in [0, 0.1) is 18.3 Å². The second-order valence-corrected chi connectivity index (χ2v) is 6.84. The zero-order valence-corrected chi connectivity index (χ0v) is 16.9. The van der Waals surface area contributed by atoms with E-state index in [2.05, 4.69) is 10.3 Å². The third-order valence-electron chi connectivity index (χ3n) is 4.91. The Balaban J connectivity index is 1.65. The van der Waals surface area contributed by atoms with Crippen LogP contribution < -0.4 is 15.6 Å². The highest BCUT2D eigenvalue weighted by molar-refractivity contribution is 6.05. The van der Waals surface area contributed by atoms with E-state index in [0.29, 0.717) is 45.0 Å². The minimum absolute atomic E-state index is 0.168. The van der Waals surface area contributed by atoms with Crippen molar-refractivity contribution in [3.63, 3.8) is 0 Å². The number of para-hydroxylation sites is 1. The number of benzene rings is 3. The Morgan fingerprint density at radius 1 is 1.10 bits per heavy atom. The van der Waals surface area contributed by atoms with Gasteiger partial charge in [0.15, 0.2) is 0 Å². The van der Waals surface area contributed by atoms with E-state index in [4.69, 9.17) is 10.00 Å². The molecule has 7 nitrogen and oxygen atoms in total. The third-order valence-corrected chi connectivity index (χ3v) is 4.91. The molecular weight excluding hydrogens is 392 g/mol. The summed E-state index contributed by atoms with van der Waals surface area (Å²) >= 11 is 0. The molecule has 4 aromatic rings. The Bertz CT molecular complexity index is 1400. The smallest absolute Gasteiger partial charge is 0.265 e. The van der Waals surface area contributed by atoms with Crippen LogP contribution in [0.4, 0.5) is 5.69 Å². The molecule has 1 heterocycles. The van der Waals surface area contributed by atoms with Gasteiger partial charge in [-0.25, -0.2) is 4.98 Å². The van der Waals surface area contributed by atoms with Gasteiger partial charge in [0.2, 0.25) is 0 Å². The van der Waals surface area contributed by atoms with Crippen molar-refractivity contribution in [2.45, 2.75) is 6.92 Å². The predicted octanol–water partition coefficient (Wildman–Crippen LogP) is 3.83. The largest absolute Gasteiger partial charge is 0.495 e. The molecule has 0 unspecified atom stereocenters. The maximum Gasteiger partial charge on any atom is 0.265 e. The molecule has 0 aliphatic carbocycles. The number of methoxy groups -OCH3 is 1. The van der Waals surface area contributed by atoms with Crippen molar-refractivity contribution in [1.29, 1.82) is 5.26 Å². The van der Waals surface area contributed by atoms with Crippen LogP contribution in [0.1, 0.15) is 21.7 Å². The van der Waals surface area contributed by atoms with E-state index in [1.807, 2.05) is 12.1 Å². The molecule has 3 aromatic carbocycles. The highest BCUT2D eigenvalue weighted by Crippen LogP contribution is 2.26. The van der Waals surface area contributed by atoms with E-state index in [9.17, 15) is 9.59 Å². The summed E-state index contributed by atoms with van der Waals surface area (Å²) in [4.78, 5) is 30.2. The van der Waals surface area contributed by atoms with E-state index in [-0.39, 0.29) is 11.5 Å². The van der Waals surface area contributed by atoms with Gasteiger partial charge in [-0.2, -0.15) is 5.26 Å². The first kappa shape index (κ1) is 19.9. The summed E-state index contributed by atoms with van der Waals surface area (Å²) in [5.74, 6) is 0.646. The lowest BCUT2D eigenvalue weighted by Crippen LogP contribution is -2.22. The number of amides is 1. The highest BCUT2D eigenvalue weighted by Gasteiger charge is 2.13. The van der Waals surface area contributed by atoms with Crippen molar-refractivity contribution in [2.24, 2.45) is 0 Å². The molecule has 0 radical (unpaired) electrons. The van der Waals surface area contributed by atoms with Gasteiger partial charge in [-0.1, -0.05) is 12.1 Å². The lowest BCUT2D eigenvalue weighted by Gasteiger charge is -2.12. The maximum atomic E-state index is 12.9. The molecular formula is C24H18N4O3. The monoisotopic (exact) mass is 410 g/mol. The van der Waals surface area contributed by atoms with E-state index in [1.165, 1.54) is 11.7 Å². The first-order valence-electron chi connectivity index (χ1n) is 9.50. The molecule has 0 saturated carbocycles. The van der Waals surface area contributed by atoms with E-state index < -0.39 is 0 Å². The van der Waals surface area contributed by atoms with Crippen molar-refractivity contribution >= 4 is 22.5 Å². The fourth-order valence-electron chi connectivity index (χ4n) is 3.38. The number of nitrogens with one attached hydrogen (secondary N) is 1.